The fraction of sp³-hybridized carbons (Fsp3) is 0.480. The number of benzene rings is 1. The van der Waals surface area contributed by atoms with Crippen LogP contribution in [0.4, 0.5) is 26.3 Å². The molecule has 0 saturated carbocycles. The summed E-state index contributed by atoms with van der Waals surface area (Å²) in [5.41, 5.74) is -3.92. The van der Waals surface area contributed by atoms with Crippen molar-refractivity contribution in [3.8, 4) is 0 Å². The SMILES string of the molecule is CCCNC(=O)CCC(NC(=O)CN=S(=O)(c1cc([S+](O)O)cc(C(F)(F)F)c1)C1C=C(B(O)O)C=C(C(F)(F)F)C1C)C(=O)[O-]. The van der Waals surface area contributed by atoms with Crippen molar-refractivity contribution >= 4 is 46.1 Å². The lowest BCUT2D eigenvalue weighted by Gasteiger charge is -2.32. The van der Waals surface area contributed by atoms with E-state index in [9.17, 15) is 69.2 Å². The van der Waals surface area contributed by atoms with Crippen LogP contribution < -0.4 is 15.7 Å². The molecular weight excluding hydrogens is 675 g/mol. The Labute approximate surface area is 262 Å². The fourth-order valence-corrected chi connectivity index (χ4v) is 7.46. The van der Waals surface area contributed by atoms with Gasteiger partial charge in [0.15, 0.2) is 0 Å². The van der Waals surface area contributed by atoms with E-state index in [1.165, 1.54) is 0 Å². The molecule has 0 heterocycles. The van der Waals surface area contributed by atoms with Crippen LogP contribution in [0.3, 0.4) is 0 Å². The Morgan fingerprint density at radius 2 is 1.72 bits per heavy atom. The first-order valence-electron chi connectivity index (χ1n) is 13.3. The molecule has 0 fully saturated rings. The van der Waals surface area contributed by atoms with Crippen LogP contribution in [0, 0.1) is 5.92 Å². The summed E-state index contributed by atoms with van der Waals surface area (Å²) in [6.07, 6.45) is -9.65. The van der Waals surface area contributed by atoms with Crippen molar-refractivity contribution in [1.29, 1.82) is 0 Å². The van der Waals surface area contributed by atoms with Crippen molar-refractivity contribution in [3.63, 3.8) is 0 Å². The Hall–Kier alpha value is -3.11. The van der Waals surface area contributed by atoms with Crippen molar-refractivity contribution in [2.24, 2.45) is 10.3 Å². The predicted molar refractivity (Wildman–Crippen MR) is 151 cm³/mol. The van der Waals surface area contributed by atoms with Gasteiger partial charge in [0.25, 0.3) is 0 Å². The lowest BCUT2D eigenvalue weighted by Crippen LogP contribution is -2.49. The first kappa shape index (κ1) is 39.1. The molecule has 46 heavy (non-hydrogen) atoms. The second-order valence-electron chi connectivity index (χ2n) is 10.0. The van der Waals surface area contributed by atoms with E-state index in [1.54, 1.807) is 6.92 Å². The molecule has 0 bridgehead atoms. The van der Waals surface area contributed by atoms with Crippen LogP contribution in [-0.4, -0.2) is 78.8 Å². The Balaban J connectivity index is 2.71. The highest BCUT2D eigenvalue weighted by atomic mass is 32.2. The van der Waals surface area contributed by atoms with Crippen LogP contribution >= 0.6 is 0 Å². The van der Waals surface area contributed by atoms with E-state index in [2.05, 4.69) is 9.68 Å². The molecule has 1 aromatic carbocycles. The van der Waals surface area contributed by atoms with E-state index < -0.39 is 115 Å². The number of nitrogens with zero attached hydrogens (tertiary/aromatic N) is 1. The molecule has 0 aliphatic heterocycles. The van der Waals surface area contributed by atoms with E-state index >= 15 is 0 Å². The highest BCUT2D eigenvalue weighted by Crippen LogP contribution is 2.42. The molecule has 2 rings (SSSR count). The van der Waals surface area contributed by atoms with Gasteiger partial charge in [0, 0.05) is 36.6 Å². The highest BCUT2D eigenvalue weighted by Gasteiger charge is 2.46. The summed E-state index contributed by atoms with van der Waals surface area (Å²) in [6.45, 7) is 1.62. The monoisotopic (exact) mass is 705 g/mol. The lowest BCUT2D eigenvalue weighted by molar-refractivity contribution is -0.308. The summed E-state index contributed by atoms with van der Waals surface area (Å²) in [5.74, 6) is -5.62. The van der Waals surface area contributed by atoms with Crippen molar-refractivity contribution in [2.45, 2.75) is 66.5 Å². The topological polar surface area (TPSA) is 209 Å². The molecule has 4 atom stereocenters. The van der Waals surface area contributed by atoms with E-state index in [0.29, 0.717) is 24.6 Å². The summed E-state index contributed by atoms with van der Waals surface area (Å²) < 4.78 is 121. The van der Waals surface area contributed by atoms with Crippen molar-refractivity contribution < 1.29 is 69.2 Å². The van der Waals surface area contributed by atoms with E-state index in [1.807, 2.05) is 5.32 Å². The lowest BCUT2D eigenvalue weighted by atomic mass is 9.73. The van der Waals surface area contributed by atoms with Gasteiger partial charge in [0.2, 0.25) is 16.7 Å². The molecule has 0 aromatic heterocycles. The van der Waals surface area contributed by atoms with Gasteiger partial charge < -0.3 is 30.6 Å². The van der Waals surface area contributed by atoms with Gasteiger partial charge in [-0.1, -0.05) is 26.0 Å². The predicted octanol–water partition coefficient (Wildman–Crippen LogP) is 1.44. The van der Waals surface area contributed by atoms with Crippen molar-refractivity contribution in [3.05, 3.63) is 47.0 Å². The maximum Gasteiger partial charge on any atom is 0.488 e. The average Bonchev–Trinajstić information content (AvgIpc) is 2.95. The first-order chi connectivity index (χ1) is 21.1. The minimum absolute atomic E-state index is 0.222. The second-order valence-corrected chi connectivity index (χ2v) is 13.4. The smallest absolute Gasteiger partial charge is 0.488 e. The maximum atomic E-state index is 14.6. The van der Waals surface area contributed by atoms with Gasteiger partial charge in [0.05, 0.1) is 37.4 Å². The number of hydrogen-bond donors (Lipinski definition) is 6. The standard InChI is InChI=1S/C25H30BF6N3O9S2/c1-3-6-33-21(36)5-4-19(23(38)39)35-22(37)12-34-46(44,17-8-14(24(27,28)29)7-16(11-17)45(42)43)20-10-15(26(40)41)9-18(13(20)2)25(30,31)32/h7-11,13,19-20,40-43H,3-6,12H2,1-2H3,(H2-,33,35,36,37,38,39). The Kier molecular flexibility index (Phi) is 13.3. The van der Waals surface area contributed by atoms with Gasteiger partial charge in [-0.2, -0.15) is 35.4 Å². The van der Waals surface area contributed by atoms with Gasteiger partial charge in [0.1, 0.15) is 6.54 Å². The first-order valence-corrected chi connectivity index (χ1v) is 16.0. The van der Waals surface area contributed by atoms with E-state index in [4.69, 9.17) is 0 Å². The fourth-order valence-electron chi connectivity index (χ4n) is 4.34. The zero-order valence-electron chi connectivity index (χ0n) is 24.1. The molecule has 256 valence electrons. The molecule has 4 unspecified atom stereocenters. The summed E-state index contributed by atoms with van der Waals surface area (Å²) in [6, 6.07) is -0.728. The van der Waals surface area contributed by atoms with Crippen LogP contribution in [0.2, 0.25) is 0 Å². The Morgan fingerprint density at radius 1 is 1.09 bits per heavy atom. The molecule has 1 aliphatic rings. The number of alkyl halides is 6. The quantitative estimate of drug-likeness (QED) is 0.0996. The van der Waals surface area contributed by atoms with Crippen molar-refractivity contribution in [2.75, 3.05) is 13.1 Å². The van der Waals surface area contributed by atoms with E-state index in [-0.39, 0.29) is 25.1 Å². The normalized spacial score (nSPS) is 19.0. The molecule has 1 aromatic rings. The van der Waals surface area contributed by atoms with Crippen LogP contribution in [0.1, 0.15) is 38.7 Å². The summed E-state index contributed by atoms with van der Waals surface area (Å²) >= 11 is -2.89. The highest BCUT2D eigenvalue weighted by molar-refractivity contribution is 7.94. The van der Waals surface area contributed by atoms with Gasteiger partial charge in [-0.3, -0.25) is 9.59 Å². The average molecular weight is 705 g/mol. The summed E-state index contributed by atoms with van der Waals surface area (Å²) in [5, 5.41) is 33.2. The van der Waals surface area contributed by atoms with Crippen LogP contribution in [0.15, 0.2) is 55.6 Å². The van der Waals surface area contributed by atoms with Crippen LogP contribution in [0.5, 0.6) is 0 Å². The number of halogens is 6. The third-order valence-electron chi connectivity index (χ3n) is 6.66. The maximum absolute atomic E-state index is 14.6. The molecule has 6 N–H and O–H groups in total. The number of carboxylic acid groups (broad SMARTS) is 1. The zero-order valence-corrected chi connectivity index (χ0v) is 25.7. The molecule has 0 radical (unpaired) electrons. The molecule has 21 heteroatoms. The minimum Gasteiger partial charge on any atom is -0.548 e. The number of carboxylic acids is 1. The van der Waals surface area contributed by atoms with Gasteiger partial charge >= 0.3 is 30.9 Å². The number of nitrogens with one attached hydrogen (secondary N) is 2. The minimum atomic E-state index is -5.20. The molecular formula is C25H30BF6N3O9S2. The Morgan fingerprint density at radius 3 is 2.22 bits per heavy atom. The Bertz CT molecular complexity index is 1490. The van der Waals surface area contributed by atoms with Gasteiger partial charge in [-0.15, -0.1) is 0 Å². The van der Waals surface area contributed by atoms with E-state index in [0.717, 1.165) is 6.92 Å². The number of aliphatic carboxylic acids is 1. The third kappa shape index (κ3) is 10.2. The number of rotatable bonds is 13. The number of carbonyl (C=O) groups is 3. The zero-order chi connectivity index (χ0) is 35.2. The number of amides is 2. The third-order valence-corrected chi connectivity index (χ3v) is 10.0. The largest absolute Gasteiger partial charge is 0.548 e. The van der Waals surface area contributed by atoms with Crippen LogP contribution in [-0.2, 0) is 41.7 Å². The molecule has 0 saturated heterocycles. The number of carbonyl (C=O) groups excluding carboxylic acids is 3. The van der Waals surface area contributed by atoms with Gasteiger partial charge in [-0.05, 0) is 24.4 Å². The molecule has 1 aliphatic carbocycles. The second kappa shape index (κ2) is 15.7. The van der Waals surface area contributed by atoms with Crippen LogP contribution in [0.25, 0.3) is 0 Å². The van der Waals surface area contributed by atoms with Crippen molar-refractivity contribution in [1.82, 2.24) is 10.6 Å². The molecule has 12 nitrogen and oxygen atoms in total. The summed E-state index contributed by atoms with van der Waals surface area (Å²) in [4.78, 5) is 34.3. The molecule has 0 spiro atoms. The number of hydrogen-bond acceptors (Lipinski definition) is 10. The van der Waals surface area contributed by atoms with Gasteiger partial charge in [-0.25, -0.2) is 8.57 Å². The number of allylic oxidation sites excluding steroid dienone is 3. The summed E-state index contributed by atoms with van der Waals surface area (Å²) in [7, 11) is -7.30. The molecule has 2 amide bonds.